The molecule has 0 aromatic carbocycles. The second-order valence-corrected chi connectivity index (χ2v) is 4.88. The molecule has 0 bridgehead atoms. The first-order valence-corrected chi connectivity index (χ1v) is 6.63. The van der Waals surface area contributed by atoms with Gasteiger partial charge in [-0.15, -0.1) is 0 Å². The van der Waals surface area contributed by atoms with E-state index in [0.717, 1.165) is 31.1 Å². The number of rotatable bonds is 8. The van der Waals surface area contributed by atoms with Gasteiger partial charge in [-0.05, 0) is 43.9 Å². The molecule has 2 rings (SSSR count). The van der Waals surface area contributed by atoms with Crippen LogP contribution < -0.4 is 5.32 Å². The Morgan fingerprint density at radius 2 is 2.35 bits per heavy atom. The van der Waals surface area contributed by atoms with Crippen LogP contribution in [0.25, 0.3) is 0 Å². The van der Waals surface area contributed by atoms with Gasteiger partial charge < -0.3 is 14.5 Å². The molecule has 2 atom stereocenters. The molecular formula is C14H23NO2. The monoisotopic (exact) mass is 237 g/mol. The third kappa shape index (κ3) is 3.58. The molecule has 0 radical (unpaired) electrons. The van der Waals surface area contributed by atoms with Crippen LogP contribution in [0.5, 0.6) is 0 Å². The Morgan fingerprint density at radius 1 is 1.53 bits per heavy atom. The molecule has 0 spiro atoms. The average molecular weight is 237 g/mol. The predicted molar refractivity (Wildman–Crippen MR) is 68.0 cm³/mol. The molecule has 1 aromatic rings. The third-order valence-electron chi connectivity index (χ3n) is 3.41. The van der Waals surface area contributed by atoms with Crippen LogP contribution in [-0.4, -0.2) is 25.8 Å². The summed E-state index contributed by atoms with van der Waals surface area (Å²) in [4.78, 5) is 0. The van der Waals surface area contributed by atoms with Crippen LogP contribution in [0.3, 0.4) is 0 Å². The largest absolute Gasteiger partial charge is 0.469 e. The molecule has 1 fully saturated rings. The van der Waals surface area contributed by atoms with Gasteiger partial charge in [0.05, 0.1) is 12.4 Å². The summed E-state index contributed by atoms with van der Waals surface area (Å²) >= 11 is 0. The molecule has 0 saturated heterocycles. The van der Waals surface area contributed by atoms with Crippen LogP contribution in [0, 0.1) is 5.92 Å². The van der Waals surface area contributed by atoms with Crippen molar-refractivity contribution in [3.05, 3.63) is 24.2 Å². The number of ether oxygens (including phenoxy) is 1. The van der Waals surface area contributed by atoms with E-state index in [-0.39, 0.29) is 0 Å². The summed E-state index contributed by atoms with van der Waals surface area (Å²) in [7, 11) is 1.83. The molecule has 1 saturated carbocycles. The first-order valence-electron chi connectivity index (χ1n) is 6.63. The fourth-order valence-corrected chi connectivity index (χ4v) is 2.39. The summed E-state index contributed by atoms with van der Waals surface area (Å²) < 4.78 is 11.1. The van der Waals surface area contributed by atoms with Gasteiger partial charge in [0.25, 0.3) is 0 Å². The maximum Gasteiger partial charge on any atom is 0.105 e. The molecule has 1 aliphatic carbocycles. The molecule has 1 aliphatic rings. The molecule has 0 amide bonds. The van der Waals surface area contributed by atoms with Gasteiger partial charge in [0.1, 0.15) is 5.76 Å². The number of hydrogen-bond acceptors (Lipinski definition) is 3. The molecule has 1 heterocycles. The molecule has 96 valence electrons. The molecule has 3 heteroatoms. The predicted octanol–water partition coefficient (Wildman–Crippen LogP) is 2.62. The lowest BCUT2D eigenvalue weighted by molar-refractivity contribution is 0.0496. The van der Waals surface area contributed by atoms with Crippen LogP contribution in [0.4, 0.5) is 0 Å². The number of furan rings is 1. The Labute approximate surface area is 104 Å². The lowest BCUT2D eigenvalue weighted by Gasteiger charge is -2.26. The quantitative estimate of drug-likeness (QED) is 0.754. The molecular weight excluding hydrogens is 214 g/mol. The summed E-state index contributed by atoms with van der Waals surface area (Å²) in [6.07, 6.45) is 6.75. The zero-order valence-electron chi connectivity index (χ0n) is 10.8. The summed E-state index contributed by atoms with van der Waals surface area (Å²) in [5.74, 6) is 1.78. The van der Waals surface area contributed by atoms with Crippen molar-refractivity contribution in [3.63, 3.8) is 0 Å². The topological polar surface area (TPSA) is 34.4 Å². The second-order valence-electron chi connectivity index (χ2n) is 4.88. The van der Waals surface area contributed by atoms with Gasteiger partial charge in [-0.3, -0.25) is 0 Å². The fourth-order valence-electron chi connectivity index (χ4n) is 2.39. The van der Waals surface area contributed by atoms with E-state index in [9.17, 15) is 0 Å². The minimum Gasteiger partial charge on any atom is -0.469 e. The summed E-state index contributed by atoms with van der Waals surface area (Å²) in [6.45, 7) is 3.23. The summed E-state index contributed by atoms with van der Waals surface area (Å²) in [5, 5.41) is 3.60. The Morgan fingerprint density at radius 3 is 2.88 bits per heavy atom. The van der Waals surface area contributed by atoms with Gasteiger partial charge in [0.2, 0.25) is 0 Å². The molecule has 1 aromatic heterocycles. The molecule has 1 N–H and O–H groups in total. The van der Waals surface area contributed by atoms with Crippen molar-refractivity contribution in [2.45, 2.75) is 44.8 Å². The Bertz CT molecular complexity index is 306. The van der Waals surface area contributed by atoms with Gasteiger partial charge in [0, 0.05) is 19.6 Å². The van der Waals surface area contributed by atoms with Gasteiger partial charge in [-0.1, -0.05) is 6.92 Å². The van der Waals surface area contributed by atoms with Gasteiger partial charge >= 0.3 is 0 Å². The SMILES string of the molecule is CCCNC(Cc1ccco1)C(OC)C1CC1. The van der Waals surface area contributed by atoms with E-state index in [1.54, 1.807) is 6.26 Å². The van der Waals surface area contributed by atoms with E-state index < -0.39 is 0 Å². The summed E-state index contributed by atoms with van der Waals surface area (Å²) in [6, 6.07) is 4.37. The maximum atomic E-state index is 5.68. The Kier molecular flexibility index (Phi) is 4.63. The zero-order valence-corrected chi connectivity index (χ0v) is 10.8. The van der Waals surface area contributed by atoms with Crippen molar-refractivity contribution in [1.82, 2.24) is 5.32 Å². The highest BCUT2D eigenvalue weighted by Gasteiger charge is 2.36. The lowest BCUT2D eigenvalue weighted by Crippen LogP contribution is -2.44. The van der Waals surface area contributed by atoms with Crippen LogP contribution in [-0.2, 0) is 11.2 Å². The second kappa shape index (κ2) is 6.22. The van der Waals surface area contributed by atoms with E-state index in [1.807, 2.05) is 19.2 Å². The standard InChI is InChI=1S/C14H23NO2/c1-3-8-15-13(10-12-5-4-9-17-12)14(16-2)11-6-7-11/h4-5,9,11,13-15H,3,6-8,10H2,1-2H3. The highest BCUT2D eigenvalue weighted by atomic mass is 16.5. The molecule has 0 aliphatic heterocycles. The zero-order chi connectivity index (χ0) is 12.1. The van der Waals surface area contributed by atoms with E-state index in [2.05, 4.69) is 12.2 Å². The Hall–Kier alpha value is -0.800. The van der Waals surface area contributed by atoms with Gasteiger partial charge in [-0.2, -0.15) is 0 Å². The minimum atomic E-state index is 0.326. The smallest absolute Gasteiger partial charge is 0.105 e. The average Bonchev–Trinajstić information content (AvgIpc) is 3.04. The van der Waals surface area contributed by atoms with E-state index in [1.165, 1.54) is 12.8 Å². The highest BCUT2D eigenvalue weighted by molar-refractivity contribution is 5.03. The molecule has 17 heavy (non-hydrogen) atoms. The van der Waals surface area contributed by atoms with Crippen LogP contribution in [0.15, 0.2) is 22.8 Å². The van der Waals surface area contributed by atoms with Crippen molar-refractivity contribution >= 4 is 0 Å². The van der Waals surface area contributed by atoms with Crippen molar-refractivity contribution in [3.8, 4) is 0 Å². The number of nitrogens with one attached hydrogen (secondary N) is 1. The number of methoxy groups -OCH3 is 1. The van der Waals surface area contributed by atoms with E-state index in [0.29, 0.717) is 12.1 Å². The van der Waals surface area contributed by atoms with Crippen LogP contribution in [0.1, 0.15) is 31.9 Å². The van der Waals surface area contributed by atoms with E-state index >= 15 is 0 Å². The van der Waals surface area contributed by atoms with Crippen LogP contribution >= 0.6 is 0 Å². The van der Waals surface area contributed by atoms with Crippen molar-refractivity contribution in [2.75, 3.05) is 13.7 Å². The highest BCUT2D eigenvalue weighted by Crippen LogP contribution is 2.36. The van der Waals surface area contributed by atoms with Crippen molar-refractivity contribution < 1.29 is 9.15 Å². The van der Waals surface area contributed by atoms with Crippen molar-refractivity contribution in [1.29, 1.82) is 0 Å². The summed E-state index contributed by atoms with van der Waals surface area (Å²) in [5.41, 5.74) is 0. The Balaban J connectivity index is 1.95. The fraction of sp³-hybridized carbons (Fsp3) is 0.714. The maximum absolute atomic E-state index is 5.68. The normalized spacial score (nSPS) is 19.2. The molecule has 2 unspecified atom stereocenters. The van der Waals surface area contributed by atoms with E-state index in [4.69, 9.17) is 9.15 Å². The first-order chi connectivity index (χ1) is 8.35. The molecule has 3 nitrogen and oxygen atoms in total. The van der Waals surface area contributed by atoms with Gasteiger partial charge in [0.15, 0.2) is 0 Å². The van der Waals surface area contributed by atoms with Crippen molar-refractivity contribution in [2.24, 2.45) is 5.92 Å². The number of hydrogen-bond donors (Lipinski definition) is 1. The lowest BCUT2D eigenvalue weighted by atomic mass is 10.0. The van der Waals surface area contributed by atoms with Crippen LogP contribution in [0.2, 0.25) is 0 Å². The third-order valence-corrected chi connectivity index (χ3v) is 3.41. The first kappa shape index (κ1) is 12.7. The van der Waals surface area contributed by atoms with Gasteiger partial charge in [-0.25, -0.2) is 0 Å². The minimum absolute atomic E-state index is 0.326.